The zero-order chi connectivity index (χ0) is 17.6. The standard InChI is InChI=1S/C21H22N2O2/c1-16(12-14-24)23(15-17-7-3-2-4-8-17)21(25)19-9-5-11-20-18(19)10-6-13-22-20/h2-11,13,16,24H,12,14-15H2,1H3. The van der Waals surface area contributed by atoms with Gasteiger partial charge in [0.05, 0.1) is 5.52 Å². The summed E-state index contributed by atoms with van der Waals surface area (Å²) >= 11 is 0. The smallest absolute Gasteiger partial charge is 0.255 e. The van der Waals surface area contributed by atoms with Crippen LogP contribution in [0, 0.1) is 0 Å². The zero-order valence-corrected chi connectivity index (χ0v) is 14.3. The number of hydrogen-bond donors (Lipinski definition) is 1. The second-order valence-electron chi connectivity index (χ2n) is 6.16. The third kappa shape index (κ3) is 3.86. The molecular formula is C21H22N2O2. The number of nitrogens with zero attached hydrogens (tertiary/aromatic N) is 2. The summed E-state index contributed by atoms with van der Waals surface area (Å²) in [6.45, 7) is 2.54. The van der Waals surface area contributed by atoms with E-state index in [-0.39, 0.29) is 18.6 Å². The largest absolute Gasteiger partial charge is 0.396 e. The fourth-order valence-electron chi connectivity index (χ4n) is 3.00. The maximum absolute atomic E-state index is 13.3. The Morgan fingerprint density at radius 2 is 1.88 bits per heavy atom. The number of fused-ring (bicyclic) bond motifs is 1. The number of carbonyl (C=O) groups is 1. The van der Waals surface area contributed by atoms with Crippen LogP contribution >= 0.6 is 0 Å². The first-order chi connectivity index (χ1) is 12.2. The minimum absolute atomic E-state index is 0.0385. The number of aromatic nitrogens is 1. The van der Waals surface area contributed by atoms with Gasteiger partial charge in [0.1, 0.15) is 0 Å². The van der Waals surface area contributed by atoms with E-state index in [0.29, 0.717) is 18.5 Å². The van der Waals surface area contributed by atoms with Gasteiger partial charge < -0.3 is 10.0 Å². The van der Waals surface area contributed by atoms with Gasteiger partial charge in [-0.25, -0.2) is 0 Å². The number of benzene rings is 2. The Balaban J connectivity index is 1.98. The van der Waals surface area contributed by atoms with Crippen LogP contribution in [0.5, 0.6) is 0 Å². The predicted molar refractivity (Wildman–Crippen MR) is 99.2 cm³/mol. The molecule has 1 N–H and O–H groups in total. The van der Waals surface area contributed by atoms with Crippen LogP contribution < -0.4 is 0 Å². The van der Waals surface area contributed by atoms with Crippen molar-refractivity contribution < 1.29 is 9.90 Å². The number of hydrogen-bond acceptors (Lipinski definition) is 3. The molecule has 0 spiro atoms. The van der Waals surface area contributed by atoms with Crippen molar-refractivity contribution in [3.05, 3.63) is 78.0 Å². The Morgan fingerprint density at radius 1 is 1.08 bits per heavy atom. The highest BCUT2D eigenvalue weighted by molar-refractivity contribution is 6.06. The van der Waals surface area contributed by atoms with Gasteiger partial charge in [0.2, 0.25) is 0 Å². The van der Waals surface area contributed by atoms with Gasteiger partial charge in [-0.05, 0) is 37.1 Å². The summed E-state index contributed by atoms with van der Waals surface area (Å²) in [7, 11) is 0. The second-order valence-corrected chi connectivity index (χ2v) is 6.16. The summed E-state index contributed by atoms with van der Waals surface area (Å²) in [4.78, 5) is 19.5. The highest BCUT2D eigenvalue weighted by Gasteiger charge is 2.23. The lowest BCUT2D eigenvalue weighted by molar-refractivity contribution is 0.0650. The summed E-state index contributed by atoms with van der Waals surface area (Å²) in [5.74, 6) is -0.0385. The third-order valence-electron chi connectivity index (χ3n) is 4.41. The predicted octanol–water partition coefficient (Wildman–Crippen LogP) is 3.65. The monoisotopic (exact) mass is 334 g/mol. The maximum atomic E-state index is 13.3. The lowest BCUT2D eigenvalue weighted by Gasteiger charge is -2.29. The lowest BCUT2D eigenvalue weighted by Crippen LogP contribution is -2.38. The van der Waals surface area contributed by atoms with E-state index in [1.807, 2.05) is 72.5 Å². The second kappa shape index (κ2) is 7.90. The van der Waals surface area contributed by atoms with E-state index in [1.54, 1.807) is 6.20 Å². The first kappa shape index (κ1) is 17.1. The van der Waals surface area contributed by atoms with Crippen molar-refractivity contribution in [2.45, 2.75) is 25.9 Å². The average molecular weight is 334 g/mol. The molecule has 0 saturated carbocycles. The van der Waals surface area contributed by atoms with Crippen LogP contribution in [-0.2, 0) is 6.54 Å². The van der Waals surface area contributed by atoms with Crippen LogP contribution in [0.2, 0.25) is 0 Å². The van der Waals surface area contributed by atoms with Crippen molar-refractivity contribution >= 4 is 16.8 Å². The van der Waals surface area contributed by atoms with E-state index in [4.69, 9.17) is 0 Å². The molecule has 1 amide bonds. The van der Waals surface area contributed by atoms with Crippen LogP contribution in [0.25, 0.3) is 10.9 Å². The summed E-state index contributed by atoms with van der Waals surface area (Å²) in [5.41, 5.74) is 2.52. The quantitative estimate of drug-likeness (QED) is 0.749. The molecule has 0 aliphatic carbocycles. The highest BCUT2D eigenvalue weighted by atomic mass is 16.3. The molecule has 3 rings (SSSR count). The lowest BCUT2D eigenvalue weighted by atomic mass is 10.0. The number of pyridine rings is 1. The Labute approximate surface area is 147 Å². The molecule has 0 bridgehead atoms. The first-order valence-electron chi connectivity index (χ1n) is 8.50. The summed E-state index contributed by atoms with van der Waals surface area (Å²) < 4.78 is 0. The van der Waals surface area contributed by atoms with Crippen molar-refractivity contribution in [3.8, 4) is 0 Å². The number of aliphatic hydroxyl groups excluding tert-OH is 1. The molecule has 3 aromatic rings. The van der Waals surface area contributed by atoms with Crippen LogP contribution in [0.1, 0.15) is 29.3 Å². The van der Waals surface area contributed by atoms with Crippen molar-refractivity contribution in [2.75, 3.05) is 6.61 Å². The molecule has 0 fully saturated rings. The highest BCUT2D eigenvalue weighted by Crippen LogP contribution is 2.21. The maximum Gasteiger partial charge on any atom is 0.255 e. The molecule has 0 aliphatic heterocycles. The topological polar surface area (TPSA) is 53.4 Å². The summed E-state index contributed by atoms with van der Waals surface area (Å²) in [6, 6.07) is 19.2. The fraction of sp³-hybridized carbons (Fsp3) is 0.238. The van der Waals surface area contributed by atoms with Crippen molar-refractivity contribution in [1.29, 1.82) is 0 Å². The normalized spacial score (nSPS) is 12.1. The van der Waals surface area contributed by atoms with Crippen molar-refractivity contribution in [3.63, 3.8) is 0 Å². The molecule has 1 heterocycles. The van der Waals surface area contributed by atoms with Gasteiger partial charge in [0.15, 0.2) is 0 Å². The fourth-order valence-corrected chi connectivity index (χ4v) is 3.00. The van der Waals surface area contributed by atoms with E-state index in [9.17, 15) is 9.90 Å². The Hall–Kier alpha value is -2.72. The van der Waals surface area contributed by atoms with Crippen LogP contribution in [0.15, 0.2) is 66.9 Å². The third-order valence-corrected chi connectivity index (χ3v) is 4.41. The minimum atomic E-state index is -0.0652. The van der Waals surface area contributed by atoms with Crippen molar-refractivity contribution in [2.24, 2.45) is 0 Å². The molecule has 1 atom stereocenters. The summed E-state index contributed by atoms with van der Waals surface area (Å²) in [5, 5.41) is 10.2. The molecule has 1 aromatic heterocycles. The molecule has 0 saturated heterocycles. The summed E-state index contributed by atoms with van der Waals surface area (Å²) in [6.07, 6.45) is 2.27. The van der Waals surface area contributed by atoms with Gasteiger partial charge in [-0.2, -0.15) is 0 Å². The van der Waals surface area contributed by atoms with Gasteiger partial charge in [-0.3, -0.25) is 9.78 Å². The zero-order valence-electron chi connectivity index (χ0n) is 14.3. The number of amides is 1. The van der Waals surface area contributed by atoms with E-state index >= 15 is 0 Å². The van der Waals surface area contributed by atoms with Gasteiger partial charge in [-0.15, -0.1) is 0 Å². The number of aliphatic hydroxyl groups is 1. The molecule has 4 heteroatoms. The Bertz CT molecular complexity index is 843. The molecular weight excluding hydrogens is 312 g/mol. The van der Waals surface area contributed by atoms with Gasteiger partial charge in [-0.1, -0.05) is 42.5 Å². The molecule has 25 heavy (non-hydrogen) atoms. The van der Waals surface area contributed by atoms with Gasteiger partial charge in [0.25, 0.3) is 5.91 Å². The van der Waals surface area contributed by atoms with Gasteiger partial charge in [0, 0.05) is 36.3 Å². The SMILES string of the molecule is CC(CCO)N(Cc1ccccc1)C(=O)c1cccc2ncccc12. The first-order valence-corrected chi connectivity index (χ1v) is 8.50. The van der Waals surface area contributed by atoms with Crippen LogP contribution in [0.4, 0.5) is 0 Å². The molecule has 0 radical (unpaired) electrons. The molecule has 128 valence electrons. The van der Waals surface area contributed by atoms with E-state index in [0.717, 1.165) is 16.5 Å². The van der Waals surface area contributed by atoms with E-state index < -0.39 is 0 Å². The number of rotatable bonds is 6. The molecule has 1 unspecified atom stereocenters. The van der Waals surface area contributed by atoms with Crippen LogP contribution in [0.3, 0.4) is 0 Å². The van der Waals surface area contributed by atoms with E-state index in [1.165, 1.54) is 0 Å². The average Bonchev–Trinajstić information content (AvgIpc) is 2.66. The molecule has 4 nitrogen and oxygen atoms in total. The van der Waals surface area contributed by atoms with Crippen molar-refractivity contribution in [1.82, 2.24) is 9.88 Å². The Morgan fingerprint density at radius 3 is 2.64 bits per heavy atom. The van der Waals surface area contributed by atoms with Gasteiger partial charge >= 0.3 is 0 Å². The number of carbonyl (C=O) groups excluding carboxylic acids is 1. The Kier molecular flexibility index (Phi) is 5.41. The van der Waals surface area contributed by atoms with E-state index in [2.05, 4.69) is 4.98 Å². The minimum Gasteiger partial charge on any atom is -0.396 e. The van der Waals surface area contributed by atoms with Crippen LogP contribution in [-0.4, -0.2) is 33.5 Å². The molecule has 2 aromatic carbocycles. The molecule has 0 aliphatic rings.